The van der Waals surface area contributed by atoms with E-state index in [2.05, 4.69) is 5.10 Å². The van der Waals surface area contributed by atoms with Crippen molar-refractivity contribution in [2.45, 2.75) is 6.54 Å². The number of benzene rings is 1. The van der Waals surface area contributed by atoms with Crippen LogP contribution >= 0.6 is 0 Å². The van der Waals surface area contributed by atoms with E-state index in [-0.39, 0.29) is 5.56 Å². The molecule has 0 fully saturated rings. The number of halogens is 1. The second-order valence-corrected chi connectivity index (χ2v) is 3.32. The van der Waals surface area contributed by atoms with Crippen LogP contribution in [0.2, 0.25) is 0 Å². The van der Waals surface area contributed by atoms with Gasteiger partial charge in [0.25, 0.3) is 0 Å². The minimum atomic E-state index is -1.26. The van der Waals surface area contributed by atoms with Gasteiger partial charge < -0.3 is 5.11 Å². The van der Waals surface area contributed by atoms with E-state index in [0.717, 1.165) is 6.07 Å². The van der Waals surface area contributed by atoms with Crippen LogP contribution in [0.1, 0.15) is 15.9 Å². The predicted octanol–water partition coefficient (Wildman–Crippen LogP) is 1.77. The summed E-state index contributed by atoms with van der Waals surface area (Å²) >= 11 is 0. The van der Waals surface area contributed by atoms with Crippen LogP contribution in [0.3, 0.4) is 0 Å². The molecule has 4 nitrogen and oxygen atoms in total. The molecule has 0 saturated heterocycles. The van der Waals surface area contributed by atoms with E-state index >= 15 is 0 Å². The Morgan fingerprint density at radius 2 is 2.31 bits per heavy atom. The van der Waals surface area contributed by atoms with E-state index < -0.39 is 11.8 Å². The molecule has 0 aliphatic carbocycles. The first kappa shape index (κ1) is 10.4. The summed E-state index contributed by atoms with van der Waals surface area (Å²) in [6.45, 7) is 0.424. The van der Waals surface area contributed by atoms with Crippen LogP contribution in [0.25, 0.3) is 0 Å². The van der Waals surface area contributed by atoms with Gasteiger partial charge in [-0.2, -0.15) is 5.10 Å². The second-order valence-electron chi connectivity index (χ2n) is 3.32. The molecule has 1 aromatic carbocycles. The van der Waals surface area contributed by atoms with Gasteiger partial charge in [0.15, 0.2) is 0 Å². The molecule has 0 aliphatic rings. The molecule has 0 saturated carbocycles. The van der Waals surface area contributed by atoms with Crippen LogP contribution in [-0.4, -0.2) is 20.9 Å². The Balaban J connectivity index is 2.29. The topological polar surface area (TPSA) is 55.1 Å². The van der Waals surface area contributed by atoms with Gasteiger partial charge in [-0.15, -0.1) is 0 Å². The maximum Gasteiger partial charge on any atom is 0.338 e. The second kappa shape index (κ2) is 4.14. The summed E-state index contributed by atoms with van der Waals surface area (Å²) in [6.07, 6.45) is 3.38. The van der Waals surface area contributed by atoms with E-state index in [1.807, 2.05) is 0 Å². The highest BCUT2D eigenvalue weighted by atomic mass is 19.1. The van der Waals surface area contributed by atoms with Gasteiger partial charge in [-0.05, 0) is 23.8 Å². The van der Waals surface area contributed by atoms with E-state index in [4.69, 9.17) is 5.11 Å². The van der Waals surface area contributed by atoms with Crippen LogP contribution in [0.4, 0.5) is 4.39 Å². The van der Waals surface area contributed by atoms with Gasteiger partial charge in [-0.25, -0.2) is 9.18 Å². The van der Waals surface area contributed by atoms with Gasteiger partial charge in [0.1, 0.15) is 5.82 Å². The molecule has 2 aromatic rings. The highest BCUT2D eigenvalue weighted by molar-refractivity contribution is 5.88. The summed E-state index contributed by atoms with van der Waals surface area (Å²) < 4.78 is 14.7. The first-order chi connectivity index (χ1) is 7.66. The molecule has 0 unspecified atom stereocenters. The molecule has 2 rings (SSSR count). The number of carboxylic acids is 1. The quantitative estimate of drug-likeness (QED) is 0.857. The number of aromatic carboxylic acids is 1. The van der Waals surface area contributed by atoms with Crippen LogP contribution in [0.5, 0.6) is 0 Å². The summed E-state index contributed by atoms with van der Waals surface area (Å²) in [4.78, 5) is 10.7. The Kier molecular flexibility index (Phi) is 2.68. The Labute approximate surface area is 90.9 Å². The standard InChI is InChI=1S/C11H9FN2O2/c12-10-3-2-8(6-9(10)11(15)16)7-14-5-1-4-13-14/h1-6H,7H2,(H,15,16). The highest BCUT2D eigenvalue weighted by Crippen LogP contribution is 2.11. The van der Waals surface area contributed by atoms with Crippen LogP contribution < -0.4 is 0 Å². The molecule has 5 heteroatoms. The first-order valence-corrected chi connectivity index (χ1v) is 4.66. The molecule has 0 aliphatic heterocycles. The Morgan fingerprint density at radius 3 is 2.94 bits per heavy atom. The molecular formula is C11H9FN2O2. The highest BCUT2D eigenvalue weighted by Gasteiger charge is 2.10. The number of carbonyl (C=O) groups is 1. The molecule has 0 amide bonds. The number of hydrogen-bond acceptors (Lipinski definition) is 2. The van der Waals surface area contributed by atoms with Gasteiger partial charge in [-0.3, -0.25) is 4.68 Å². The lowest BCUT2D eigenvalue weighted by Gasteiger charge is -2.04. The van der Waals surface area contributed by atoms with Gasteiger partial charge >= 0.3 is 5.97 Å². The third kappa shape index (κ3) is 2.08. The molecule has 0 atom stereocenters. The zero-order chi connectivity index (χ0) is 11.5. The third-order valence-electron chi connectivity index (χ3n) is 2.16. The summed E-state index contributed by atoms with van der Waals surface area (Å²) in [5.41, 5.74) is 0.382. The van der Waals surface area contributed by atoms with Gasteiger partial charge in [-0.1, -0.05) is 6.07 Å². The van der Waals surface area contributed by atoms with Crippen LogP contribution in [0.15, 0.2) is 36.7 Å². The number of nitrogens with zero attached hydrogens (tertiary/aromatic N) is 2. The number of aromatic nitrogens is 2. The molecule has 0 bridgehead atoms. The molecule has 1 N–H and O–H groups in total. The van der Waals surface area contributed by atoms with Crippen molar-refractivity contribution in [1.29, 1.82) is 0 Å². The van der Waals surface area contributed by atoms with Crippen molar-refractivity contribution in [1.82, 2.24) is 9.78 Å². The largest absolute Gasteiger partial charge is 0.478 e. The summed E-state index contributed by atoms with van der Waals surface area (Å²) in [5.74, 6) is -1.99. The van der Waals surface area contributed by atoms with E-state index in [1.165, 1.54) is 6.07 Å². The Bertz CT molecular complexity index is 509. The Morgan fingerprint density at radius 1 is 1.50 bits per heavy atom. The van der Waals surface area contributed by atoms with E-state index in [0.29, 0.717) is 12.1 Å². The fraction of sp³-hybridized carbons (Fsp3) is 0.0909. The van der Waals surface area contributed by atoms with Crippen molar-refractivity contribution in [3.8, 4) is 0 Å². The maximum atomic E-state index is 13.1. The van der Waals surface area contributed by atoms with Crippen molar-refractivity contribution in [3.05, 3.63) is 53.6 Å². The van der Waals surface area contributed by atoms with Crippen molar-refractivity contribution in [3.63, 3.8) is 0 Å². The third-order valence-corrected chi connectivity index (χ3v) is 2.16. The molecule has 0 spiro atoms. The van der Waals surface area contributed by atoms with Crippen LogP contribution in [0, 0.1) is 5.82 Å². The minimum absolute atomic E-state index is 0.315. The Hall–Kier alpha value is -2.17. The molecule has 16 heavy (non-hydrogen) atoms. The summed E-state index contributed by atoms with van der Waals surface area (Å²) in [5, 5.41) is 12.7. The molecule has 1 aromatic heterocycles. The molecule has 1 heterocycles. The SMILES string of the molecule is O=C(O)c1cc(Cn2cccn2)ccc1F. The van der Waals surface area contributed by atoms with Crippen molar-refractivity contribution in [2.24, 2.45) is 0 Å². The lowest BCUT2D eigenvalue weighted by atomic mass is 10.1. The molecular weight excluding hydrogens is 211 g/mol. The minimum Gasteiger partial charge on any atom is -0.478 e. The fourth-order valence-corrected chi connectivity index (χ4v) is 1.42. The normalized spacial score (nSPS) is 10.3. The number of rotatable bonds is 3. The zero-order valence-electron chi connectivity index (χ0n) is 8.30. The fourth-order valence-electron chi connectivity index (χ4n) is 1.42. The summed E-state index contributed by atoms with van der Waals surface area (Å²) in [6, 6.07) is 5.78. The molecule has 82 valence electrons. The van der Waals surface area contributed by atoms with Crippen LogP contribution in [-0.2, 0) is 6.54 Å². The van der Waals surface area contributed by atoms with Crippen molar-refractivity contribution >= 4 is 5.97 Å². The van der Waals surface area contributed by atoms with Crippen molar-refractivity contribution in [2.75, 3.05) is 0 Å². The number of carboxylic acid groups (broad SMARTS) is 1. The van der Waals surface area contributed by atoms with Gasteiger partial charge in [0.2, 0.25) is 0 Å². The van der Waals surface area contributed by atoms with Gasteiger partial charge in [0, 0.05) is 12.4 Å². The number of hydrogen-bond donors (Lipinski definition) is 1. The van der Waals surface area contributed by atoms with Crippen molar-refractivity contribution < 1.29 is 14.3 Å². The maximum absolute atomic E-state index is 13.1. The smallest absolute Gasteiger partial charge is 0.338 e. The van der Waals surface area contributed by atoms with E-state index in [1.54, 1.807) is 29.2 Å². The predicted molar refractivity (Wildman–Crippen MR) is 54.7 cm³/mol. The molecule has 0 radical (unpaired) electrons. The lowest BCUT2D eigenvalue weighted by molar-refractivity contribution is 0.0691. The summed E-state index contributed by atoms with van der Waals surface area (Å²) in [7, 11) is 0. The zero-order valence-corrected chi connectivity index (χ0v) is 8.30. The van der Waals surface area contributed by atoms with E-state index in [9.17, 15) is 9.18 Å². The first-order valence-electron chi connectivity index (χ1n) is 4.66. The average molecular weight is 220 g/mol. The van der Waals surface area contributed by atoms with Gasteiger partial charge in [0.05, 0.1) is 12.1 Å². The monoisotopic (exact) mass is 220 g/mol. The lowest BCUT2D eigenvalue weighted by Crippen LogP contribution is -2.05. The average Bonchev–Trinajstić information content (AvgIpc) is 2.73.